The summed E-state index contributed by atoms with van der Waals surface area (Å²) in [4.78, 5) is 11.5. The molecule has 116 valence electrons. The summed E-state index contributed by atoms with van der Waals surface area (Å²) in [7, 11) is 1.46. The Kier molecular flexibility index (Phi) is 4.45. The summed E-state index contributed by atoms with van der Waals surface area (Å²) >= 11 is 0. The van der Waals surface area contributed by atoms with E-state index in [9.17, 15) is 4.79 Å². The predicted octanol–water partition coefficient (Wildman–Crippen LogP) is 3.08. The summed E-state index contributed by atoms with van der Waals surface area (Å²) in [5, 5.41) is 0. The molecule has 0 bridgehead atoms. The Morgan fingerprint density at radius 3 is 2.15 bits per heavy atom. The minimum atomic E-state index is -0.233. The van der Waals surface area contributed by atoms with Crippen LogP contribution >= 0.6 is 0 Å². The van der Waals surface area contributed by atoms with E-state index in [1.165, 1.54) is 7.11 Å². The normalized spacial score (nSPS) is 35.8. The molecule has 0 radical (unpaired) electrons. The van der Waals surface area contributed by atoms with Crippen LogP contribution in [0.1, 0.15) is 59.8 Å². The van der Waals surface area contributed by atoms with E-state index in [-0.39, 0.29) is 35.3 Å². The Hall–Kier alpha value is -0.610. The lowest BCUT2D eigenvalue weighted by Gasteiger charge is -2.33. The van der Waals surface area contributed by atoms with Gasteiger partial charge < -0.3 is 14.2 Å². The Balaban J connectivity index is 1.85. The Labute approximate surface area is 122 Å². The van der Waals surface area contributed by atoms with Crippen molar-refractivity contribution < 1.29 is 19.0 Å². The van der Waals surface area contributed by atoms with Crippen molar-refractivity contribution in [3.63, 3.8) is 0 Å². The average molecular weight is 284 g/mol. The molecule has 1 atom stereocenters. The molecule has 1 saturated carbocycles. The van der Waals surface area contributed by atoms with Crippen molar-refractivity contribution in [2.75, 3.05) is 7.11 Å². The minimum absolute atomic E-state index is 0.0594. The van der Waals surface area contributed by atoms with Gasteiger partial charge in [0.25, 0.3) is 0 Å². The molecule has 0 spiro atoms. The van der Waals surface area contributed by atoms with Gasteiger partial charge in [0.2, 0.25) is 0 Å². The zero-order valence-electron chi connectivity index (χ0n) is 13.4. The molecule has 0 aromatic heterocycles. The minimum Gasteiger partial charge on any atom is -0.469 e. The van der Waals surface area contributed by atoms with Crippen LogP contribution < -0.4 is 0 Å². The second kappa shape index (κ2) is 5.64. The molecule has 1 aliphatic heterocycles. The van der Waals surface area contributed by atoms with Crippen molar-refractivity contribution in [2.45, 2.75) is 83.2 Å². The zero-order chi connectivity index (χ0) is 15.0. The van der Waals surface area contributed by atoms with Gasteiger partial charge in [-0.15, -0.1) is 0 Å². The molecule has 1 saturated heterocycles. The molecule has 4 nitrogen and oxygen atoms in total. The third kappa shape index (κ3) is 3.53. The number of carbonyl (C=O) groups excluding carboxylic acids is 1. The van der Waals surface area contributed by atoms with Crippen molar-refractivity contribution in [2.24, 2.45) is 5.92 Å². The molecule has 1 aliphatic carbocycles. The van der Waals surface area contributed by atoms with Crippen LogP contribution in [0, 0.1) is 5.92 Å². The van der Waals surface area contributed by atoms with Crippen molar-refractivity contribution >= 4 is 5.97 Å². The smallest absolute Gasteiger partial charge is 0.308 e. The standard InChI is InChI=1S/C16H28O4/c1-15(2)10-13(16(3,4)20-15)19-12-8-6-11(7-9-12)14(17)18-5/h11-13H,6-10H2,1-5H3. The molecular weight excluding hydrogens is 256 g/mol. The topological polar surface area (TPSA) is 44.8 Å². The number of hydrogen-bond acceptors (Lipinski definition) is 4. The first-order valence-corrected chi connectivity index (χ1v) is 7.67. The molecule has 2 rings (SSSR count). The van der Waals surface area contributed by atoms with Gasteiger partial charge in [-0.05, 0) is 53.4 Å². The first-order valence-electron chi connectivity index (χ1n) is 7.67. The van der Waals surface area contributed by atoms with Crippen LogP contribution in [0.2, 0.25) is 0 Å². The predicted molar refractivity (Wildman–Crippen MR) is 76.5 cm³/mol. The summed E-state index contributed by atoms with van der Waals surface area (Å²) in [5.74, 6) is -0.0155. The van der Waals surface area contributed by atoms with Crippen LogP contribution in [-0.4, -0.2) is 36.5 Å². The molecule has 20 heavy (non-hydrogen) atoms. The molecule has 0 amide bonds. The van der Waals surface area contributed by atoms with E-state index in [0.29, 0.717) is 0 Å². The SMILES string of the molecule is COC(=O)C1CCC(OC2CC(C)(C)OC2(C)C)CC1. The summed E-state index contributed by atoms with van der Waals surface area (Å²) in [6.07, 6.45) is 4.93. The summed E-state index contributed by atoms with van der Waals surface area (Å²) in [5.41, 5.74) is -0.347. The van der Waals surface area contributed by atoms with Crippen molar-refractivity contribution in [3.8, 4) is 0 Å². The van der Waals surface area contributed by atoms with E-state index < -0.39 is 0 Å². The number of rotatable bonds is 3. The average Bonchev–Trinajstić information content (AvgIpc) is 2.57. The van der Waals surface area contributed by atoms with Gasteiger partial charge in [-0.25, -0.2) is 0 Å². The fourth-order valence-corrected chi connectivity index (χ4v) is 3.56. The number of esters is 1. The molecule has 0 N–H and O–H groups in total. The molecule has 0 aromatic rings. The van der Waals surface area contributed by atoms with E-state index >= 15 is 0 Å². The van der Waals surface area contributed by atoms with Crippen LogP contribution in [-0.2, 0) is 19.0 Å². The third-order valence-electron chi connectivity index (χ3n) is 4.56. The summed E-state index contributed by atoms with van der Waals surface area (Å²) in [6.45, 7) is 8.44. The van der Waals surface area contributed by atoms with E-state index in [4.69, 9.17) is 14.2 Å². The monoisotopic (exact) mass is 284 g/mol. The molecule has 2 aliphatic rings. The number of carbonyl (C=O) groups is 1. The van der Waals surface area contributed by atoms with Gasteiger partial charge in [0.05, 0.1) is 36.4 Å². The number of hydrogen-bond donors (Lipinski definition) is 0. The Morgan fingerprint density at radius 1 is 1.10 bits per heavy atom. The molecule has 0 aromatic carbocycles. The van der Waals surface area contributed by atoms with Gasteiger partial charge in [-0.1, -0.05) is 0 Å². The maximum Gasteiger partial charge on any atom is 0.308 e. The van der Waals surface area contributed by atoms with Gasteiger partial charge in [0, 0.05) is 6.42 Å². The van der Waals surface area contributed by atoms with Gasteiger partial charge in [0.1, 0.15) is 0 Å². The van der Waals surface area contributed by atoms with E-state index in [1.54, 1.807) is 0 Å². The third-order valence-corrected chi connectivity index (χ3v) is 4.56. The highest BCUT2D eigenvalue weighted by Gasteiger charge is 2.47. The molecule has 4 heteroatoms. The van der Waals surface area contributed by atoms with Crippen LogP contribution in [0.3, 0.4) is 0 Å². The molecule has 1 heterocycles. The fourth-order valence-electron chi connectivity index (χ4n) is 3.56. The van der Waals surface area contributed by atoms with Gasteiger partial charge in [-0.2, -0.15) is 0 Å². The fraction of sp³-hybridized carbons (Fsp3) is 0.938. The van der Waals surface area contributed by atoms with Crippen LogP contribution in [0.4, 0.5) is 0 Å². The highest BCUT2D eigenvalue weighted by Crippen LogP contribution is 2.41. The van der Waals surface area contributed by atoms with Crippen LogP contribution in [0.15, 0.2) is 0 Å². The lowest BCUT2D eigenvalue weighted by atomic mass is 9.87. The maximum atomic E-state index is 11.5. The second-order valence-electron chi connectivity index (χ2n) is 7.29. The lowest BCUT2D eigenvalue weighted by molar-refractivity contribution is -0.150. The van der Waals surface area contributed by atoms with E-state index in [0.717, 1.165) is 32.1 Å². The van der Waals surface area contributed by atoms with E-state index in [2.05, 4.69) is 27.7 Å². The lowest BCUT2D eigenvalue weighted by Crippen LogP contribution is -2.38. The quantitative estimate of drug-likeness (QED) is 0.747. The van der Waals surface area contributed by atoms with Crippen molar-refractivity contribution in [1.82, 2.24) is 0 Å². The Bertz CT molecular complexity index is 353. The Morgan fingerprint density at radius 2 is 1.70 bits per heavy atom. The highest BCUT2D eigenvalue weighted by atomic mass is 16.6. The summed E-state index contributed by atoms with van der Waals surface area (Å²) in [6, 6.07) is 0. The first kappa shape index (κ1) is 15.8. The largest absolute Gasteiger partial charge is 0.469 e. The zero-order valence-corrected chi connectivity index (χ0v) is 13.4. The number of ether oxygens (including phenoxy) is 3. The van der Waals surface area contributed by atoms with Crippen molar-refractivity contribution in [1.29, 1.82) is 0 Å². The molecular formula is C16H28O4. The van der Waals surface area contributed by atoms with Gasteiger partial charge in [0.15, 0.2) is 0 Å². The van der Waals surface area contributed by atoms with E-state index in [1.807, 2.05) is 0 Å². The maximum absolute atomic E-state index is 11.5. The molecule has 1 unspecified atom stereocenters. The first-order chi connectivity index (χ1) is 9.23. The van der Waals surface area contributed by atoms with Crippen LogP contribution in [0.5, 0.6) is 0 Å². The number of methoxy groups -OCH3 is 1. The molecule has 2 fully saturated rings. The highest BCUT2D eigenvalue weighted by molar-refractivity contribution is 5.72. The second-order valence-corrected chi connectivity index (χ2v) is 7.29. The van der Waals surface area contributed by atoms with Crippen LogP contribution in [0.25, 0.3) is 0 Å². The van der Waals surface area contributed by atoms with Crippen molar-refractivity contribution in [3.05, 3.63) is 0 Å². The summed E-state index contributed by atoms with van der Waals surface area (Å²) < 4.78 is 17.2. The van der Waals surface area contributed by atoms with Gasteiger partial charge in [-0.3, -0.25) is 4.79 Å². The van der Waals surface area contributed by atoms with Gasteiger partial charge >= 0.3 is 5.97 Å².